The molecule has 1 aromatic rings. The number of aromatic nitrogens is 1. The second-order valence-corrected chi connectivity index (χ2v) is 6.21. The Bertz CT molecular complexity index is 543. The van der Waals surface area contributed by atoms with Gasteiger partial charge in [-0.2, -0.15) is 0 Å². The van der Waals surface area contributed by atoms with Crippen LogP contribution in [0.4, 0.5) is 0 Å². The van der Waals surface area contributed by atoms with Crippen molar-refractivity contribution in [2.75, 3.05) is 32.7 Å². The monoisotopic (exact) mass is 291 g/mol. The Kier molecular flexibility index (Phi) is 5.17. The van der Waals surface area contributed by atoms with Crippen LogP contribution in [0.1, 0.15) is 36.3 Å². The van der Waals surface area contributed by atoms with Crippen molar-refractivity contribution >= 4 is 5.91 Å². The predicted octanol–water partition coefficient (Wildman–Crippen LogP) is 1.49. The summed E-state index contributed by atoms with van der Waals surface area (Å²) in [6.45, 7) is 10.5. The van der Waals surface area contributed by atoms with E-state index in [0.29, 0.717) is 19.0 Å². The fraction of sp³-hybridized carbons (Fsp3) is 0.625. The number of pyridine rings is 1. The van der Waals surface area contributed by atoms with Gasteiger partial charge in [-0.1, -0.05) is 13.8 Å². The standard InChI is InChI=1S/C16H25N3O2/c1-12(2)4-5-18-6-8-19(9-7-18)16(21)14-11-17-13(3)10-15(14)20/h10-12H,4-9H2,1-3H3,(H,17,20). The van der Waals surface area contributed by atoms with Crippen LogP contribution in [0.3, 0.4) is 0 Å². The topological polar surface area (TPSA) is 56.4 Å². The van der Waals surface area contributed by atoms with Gasteiger partial charge < -0.3 is 9.88 Å². The average Bonchev–Trinajstić information content (AvgIpc) is 2.45. The number of amides is 1. The van der Waals surface area contributed by atoms with Crippen molar-refractivity contribution < 1.29 is 4.79 Å². The average molecular weight is 291 g/mol. The molecule has 5 heteroatoms. The molecule has 1 N–H and O–H groups in total. The van der Waals surface area contributed by atoms with E-state index in [1.54, 1.807) is 4.90 Å². The first-order valence-electron chi connectivity index (χ1n) is 7.68. The van der Waals surface area contributed by atoms with Gasteiger partial charge in [0.25, 0.3) is 5.91 Å². The lowest BCUT2D eigenvalue weighted by Crippen LogP contribution is -2.49. The first kappa shape index (κ1) is 15.8. The van der Waals surface area contributed by atoms with Gasteiger partial charge in [-0.15, -0.1) is 0 Å². The lowest BCUT2D eigenvalue weighted by molar-refractivity contribution is 0.0630. The third-order valence-corrected chi connectivity index (χ3v) is 3.97. The van der Waals surface area contributed by atoms with E-state index in [9.17, 15) is 9.59 Å². The summed E-state index contributed by atoms with van der Waals surface area (Å²) in [4.78, 5) is 31.4. The molecule has 5 nitrogen and oxygen atoms in total. The van der Waals surface area contributed by atoms with Gasteiger partial charge >= 0.3 is 0 Å². The number of rotatable bonds is 4. The molecule has 0 saturated carbocycles. The van der Waals surface area contributed by atoms with Crippen molar-refractivity contribution in [1.29, 1.82) is 0 Å². The summed E-state index contributed by atoms with van der Waals surface area (Å²) in [5.74, 6) is 0.551. The molecule has 0 bridgehead atoms. The van der Waals surface area contributed by atoms with Gasteiger partial charge in [-0.25, -0.2) is 0 Å². The molecule has 1 amide bonds. The largest absolute Gasteiger partial charge is 0.364 e. The lowest BCUT2D eigenvalue weighted by Gasteiger charge is -2.35. The number of hydrogen-bond donors (Lipinski definition) is 1. The van der Waals surface area contributed by atoms with Gasteiger partial charge in [0.05, 0.1) is 0 Å². The highest BCUT2D eigenvalue weighted by molar-refractivity contribution is 5.93. The molecule has 1 saturated heterocycles. The van der Waals surface area contributed by atoms with E-state index in [1.807, 2.05) is 6.92 Å². The summed E-state index contributed by atoms with van der Waals surface area (Å²) < 4.78 is 0. The number of nitrogens with zero attached hydrogens (tertiary/aromatic N) is 2. The smallest absolute Gasteiger partial charge is 0.259 e. The van der Waals surface area contributed by atoms with Crippen LogP contribution in [0, 0.1) is 12.8 Å². The van der Waals surface area contributed by atoms with Gasteiger partial charge in [0, 0.05) is 44.1 Å². The molecular formula is C16H25N3O2. The number of aryl methyl sites for hydroxylation is 1. The van der Waals surface area contributed by atoms with Crippen molar-refractivity contribution in [3.8, 4) is 0 Å². The van der Waals surface area contributed by atoms with Crippen molar-refractivity contribution in [3.05, 3.63) is 33.7 Å². The van der Waals surface area contributed by atoms with Crippen LogP contribution in [-0.2, 0) is 0 Å². The molecule has 1 aliphatic rings. The first-order chi connectivity index (χ1) is 9.97. The summed E-state index contributed by atoms with van der Waals surface area (Å²) in [7, 11) is 0. The quantitative estimate of drug-likeness (QED) is 0.914. The Balaban J connectivity index is 1.92. The zero-order valence-electron chi connectivity index (χ0n) is 13.2. The zero-order chi connectivity index (χ0) is 15.4. The van der Waals surface area contributed by atoms with Crippen LogP contribution in [0.15, 0.2) is 17.1 Å². The maximum atomic E-state index is 12.4. The lowest BCUT2D eigenvalue weighted by atomic mass is 10.1. The van der Waals surface area contributed by atoms with E-state index in [0.717, 1.165) is 25.3 Å². The van der Waals surface area contributed by atoms with E-state index in [-0.39, 0.29) is 16.9 Å². The first-order valence-corrected chi connectivity index (χ1v) is 7.68. The van der Waals surface area contributed by atoms with Crippen molar-refractivity contribution in [2.45, 2.75) is 27.2 Å². The predicted molar refractivity (Wildman–Crippen MR) is 83.6 cm³/mol. The Hall–Kier alpha value is -1.62. The minimum Gasteiger partial charge on any atom is -0.364 e. The summed E-state index contributed by atoms with van der Waals surface area (Å²) in [5, 5.41) is 0. The number of H-pyrrole nitrogens is 1. The fourth-order valence-corrected chi connectivity index (χ4v) is 2.53. The van der Waals surface area contributed by atoms with Crippen LogP contribution in [0.5, 0.6) is 0 Å². The van der Waals surface area contributed by atoms with Crippen molar-refractivity contribution in [3.63, 3.8) is 0 Å². The molecule has 0 radical (unpaired) electrons. The molecule has 1 fully saturated rings. The summed E-state index contributed by atoms with van der Waals surface area (Å²) in [6.07, 6.45) is 2.72. The van der Waals surface area contributed by atoms with E-state index >= 15 is 0 Å². The van der Waals surface area contributed by atoms with E-state index in [4.69, 9.17) is 0 Å². The second kappa shape index (κ2) is 6.89. The summed E-state index contributed by atoms with van der Waals surface area (Å²) in [5.41, 5.74) is 0.824. The van der Waals surface area contributed by atoms with Crippen LogP contribution < -0.4 is 5.43 Å². The fourth-order valence-electron chi connectivity index (χ4n) is 2.53. The number of carbonyl (C=O) groups is 1. The molecular weight excluding hydrogens is 266 g/mol. The Morgan fingerprint density at radius 3 is 2.52 bits per heavy atom. The molecule has 1 aromatic heterocycles. The number of piperazine rings is 1. The third kappa shape index (κ3) is 4.17. The number of aromatic amines is 1. The Morgan fingerprint density at radius 1 is 1.29 bits per heavy atom. The number of carbonyl (C=O) groups excluding carboxylic acids is 1. The molecule has 0 unspecified atom stereocenters. The SMILES string of the molecule is Cc1cc(=O)c(C(=O)N2CCN(CCC(C)C)CC2)c[nH]1. The molecule has 0 atom stereocenters. The van der Waals surface area contributed by atoms with Crippen LogP contribution in [0.2, 0.25) is 0 Å². The van der Waals surface area contributed by atoms with Gasteiger partial charge in [-0.3, -0.25) is 14.5 Å². The number of nitrogens with one attached hydrogen (secondary N) is 1. The summed E-state index contributed by atoms with van der Waals surface area (Å²) >= 11 is 0. The molecule has 0 aliphatic carbocycles. The van der Waals surface area contributed by atoms with Crippen LogP contribution in [0.25, 0.3) is 0 Å². The molecule has 0 aromatic carbocycles. The molecule has 1 aliphatic heterocycles. The van der Waals surface area contributed by atoms with Gasteiger partial charge in [0.2, 0.25) is 0 Å². The highest BCUT2D eigenvalue weighted by atomic mass is 16.2. The molecule has 0 spiro atoms. The molecule has 2 heterocycles. The number of hydrogen-bond acceptors (Lipinski definition) is 3. The normalized spacial score (nSPS) is 16.5. The van der Waals surface area contributed by atoms with Gasteiger partial charge in [0.1, 0.15) is 5.56 Å². The van der Waals surface area contributed by atoms with Crippen LogP contribution in [-0.4, -0.2) is 53.4 Å². The van der Waals surface area contributed by atoms with Gasteiger partial charge in [-0.05, 0) is 25.8 Å². The Morgan fingerprint density at radius 2 is 1.95 bits per heavy atom. The molecule has 2 rings (SSSR count). The van der Waals surface area contributed by atoms with Crippen molar-refractivity contribution in [1.82, 2.24) is 14.8 Å². The maximum Gasteiger partial charge on any atom is 0.259 e. The highest BCUT2D eigenvalue weighted by Crippen LogP contribution is 2.08. The van der Waals surface area contributed by atoms with Crippen molar-refractivity contribution in [2.24, 2.45) is 5.92 Å². The second-order valence-electron chi connectivity index (χ2n) is 6.21. The van der Waals surface area contributed by atoms with Crippen LogP contribution >= 0.6 is 0 Å². The minimum absolute atomic E-state index is 0.153. The van der Waals surface area contributed by atoms with Gasteiger partial charge in [0.15, 0.2) is 5.43 Å². The maximum absolute atomic E-state index is 12.4. The third-order valence-electron chi connectivity index (χ3n) is 3.97. The summed E-state index contributed by atoms with van der Waals surface area (Å²) in [6, 6.07) is 1.48. The molecule has 116 valence electrons. The Labute approximate surface area is 126 Å². The van der Waals surface area contributed by atoms with E-state index < -0.39 is 0 Å². The zero-order valence-corrected chi connectivity index (χ0v) is 13.2. The molecule has 21 heavy (non-hydrogen) atoms. The highest BCUT2D eigenvalue weighted by Gasteiger charge is 2.23. The van der Waals surface area contributed by atoms with E-state index in [1.165, 1.54) is 18.7 Å². The van der Waals surface area contributed by atoms with E-state index in [2.05, 4.69) is 23.7 Å². The minimum atomic E-state index is -0.196.